The molecule has 2 aromatic carbocycles. The van der Waals surface area contributed by atoms with Crippen molar-refractivity contribution in [2.24, 2.45) is 0 Å². The molecule has 4 nitrogen and oxygen atoms in total. The van der Waals surface area contributed by atoms with Crippen molar-refractivity contribution in [1.29, 1.82) is 0 Å². The Morgan fingerprint density at radius 1 is 1.00 bits per heavy atom. The summed E-state index contributed by atoms with van der Waals surface area (Å²) < 4.78 is 0. The largest absolute Gasteiger partial charge is 0.369 e. The monoisotopic (exact) mass is 379 g/mol. The fourth-order valence-electron chi connectivity index (χ4n) is 3.89. The highest BCUT2D eigenvalue weighted by atomic mass is 16.2. The maximum Gasteiger partial charge on any atom is 0.234 e. The van der Waals surface area contributed by atoms with Crippen LogP contribution in [-0.2, 0) is 4.79 Å². The Hall–Kier alpha value is -2.33. The number of carbonyl (C=O) groups is 1. The normalized spacial score (nSPS) is 16.1. The van der Waals surface area contributed by atoms with Gasteiger partial charge in [-0.1, -0.05) is 48.9 Å². The van der Waals surface area contributed by atoms with Gasteiger partial charge in [-0.2, -0.15) is 0 Å². The van der Waals surface area contributed by atoms with Crippen LogP contribution in [0.1, 0.15) is 41.6 Å². The molecule has 150 valence electrons. The lowest BCUT2D eigenvalue weighted by atomic mass is 10.0. The third-order valence-corrected chi connectivity index (χ3v) is 5.88. The van der Waals surface area contributed by atoms with Crippen LogP contribution in [0.4, 0.5) is 5.69 Å². The fourth-order valence-corrected chi connectivity index (χ4v) is 3.89. The van der Waals surface area contributed by atoms with Crippen LogP contribution in [0.15, 0.2) is 42.5 Å². The van der Waals surface area contributed by atoms with E-state index in [-0.39, 0.29) is 11.9 Å². The second-order valence-corrected chi connectivity index (χ2v) is 7.92. The summed E-state index contributed by atoms with van der Waals surface area (Å²) >= 11 is 0. The standard InChI is InChI=1S/C24H33N3O/c1-5-22(21-11-9-18(2)10-12-21)25-24(28)17-26-13-15-27(16-14-26)23-8-6-7-19(3)20(23)4/h6-12,22H,5,13-17H2,1-4H3,(H,25,28)/t22-/m1/s1. The first-order valence-electron chi connectivity index (χ1n) is 10.4. The van der Waals surface area contributed by atoms with Gasteiger partial charge >= 0.3 is 0 Å². The lowest BCUT2D eigenvalue weighted by Gasteiger charge is -2.37. The lowest BCUT2D eigenvalue weighted by Crippen LogP contribution is -2.50. The summed E-state index contributed by atoms with van der Waals surface area (Å²) in [5.74, 6) is 0.118. The molecule has 1 atom stereocenters. The number of hydrogen-bond acceptors (Lipinski definition) is 3. The Labute approximate surface area is 169 Å². The van der Waals surface area contributed by atoms with Gasteiger partial charge in [-0.15, -0.1) is 0 Å². The van der Waals surface area contributed by atoms with Crippen molar-refractivity contribution in [3.8, 4) is 0 Å². The average Bonchev–Trinajstić information content (AvgIpc) is 2.70. The van der Waals surface area contributed by atoms with Gasteiger partial charge in [0.15, 0.2) is 0 Å². The topological polar surface area (TPSA) is 35.6 Å². The Morgan fingerprint density at radius 2 is 1.68 bits per heavy atom. The van der Waals surface area contributed by atoms with Crippen LogP contribution in [-0.4, -0.2) is 43.5 Å². The van der Waals surface area contributed by atoms with Gasteiger partial charge in [-0.25, -0.2) is 0 Å². The van der Waals surface area contributed by atoms with Crippen molar-refractivity contribution in [2.45, 2.75) is 40.2 Å². The number of anilines is 1. The van der Waals surface area contributed by atoms with Gasteiger partial charge in [0.25, 0.3) is 0 Å². The molecule has 1 aliphatic heterocycles. The quantitative estimate of drug-likeness (QED) is 0.824. The molecule has 0 saturated carbocycles. The van der Waals surface area contributed by atoms with Crippen LogP contribution >= 0.6 is 0 Å². The van der Waals surface area contributed by atoms with Gasteiger partial charge in [0, 0.05) is 31.9 Å². The highest BCUT2D eigenvalue weighted by Gasteiger charge is 2.21. The van der Waals surface area contributed by atoms with E-state index in [9.17, 15) is 4.79 Å². The number of amides is 1. The number of rotatable bonds is 6. The van der Waals surface area contributed by atoms with Crippen LogP contribution in [0.5, 0.6) is 0 Å². The molecule has 1 fully saturated rings. The minimum Gasteiger partial charge on any atom is -0.369 e. The second kappa shape index (κ2) is 9.24. The van der Waals surface area contributed by atoms with Gasteiger partial charge < -0.3 is 10.2 Å². The molecule has 1 heterocycles. The number of nitrogens with zero attached hydrogens (tertiary/aromatic N) is 2. The predicted octanol–water partition coefficient (Wildman–Crippen LogP) is 4.00. The van der Waals surface area contributed by atoms with Crippen molar-refractivity contribution in [3.05, 3.63) is 64.7 Å². The fraction of sp³-hybridized carbons (Fsp3) is 0.458. The summed E-state index contributed by atoms with van der Waals surface area (Å²) in [6.45, 7) is 12.8. The van der Waals surface area contributed by atoms with Gasteiger partial charge in [0.05, 0.1) is 12.6 Å². The van der Waals surface area contributed by atoms with Crippen LogP contribution < -0.4 is 10.2 Å². The van der Waals surface area contributed by atoms with Crippen molar-refractivity contribution < 1.29 is 4.79 Å². The lowest BCUT2D eigenvalue weighted by molar-refractivity contribution is -0.123. The van der Waals surface area contributed by atoms with Crippen molar-refractivity contribution in [1.82, 2.24) is 10.2 Å². The predicted molar refractivity (Wildman–Crippen MR) is 117 cm³/mol. The first kappa shape index (κ1) is 20.4. The van der Waals surface area contributed by atoms with Crippen LogP contribution in [0.2, 0.25) is 0 Å². The summed E-state index contributed by atoms with van der Waals surface area (Å²) in [7, 11) is 0. The van der Waals surface area contributed by atoms with E-state index in [2.05, 4.69) is 85.3 Å². The Kier molecular flexibility index (Phi) is 6.74. The summed E-state index contributed by atoms with van der Waals surface area (Å²) in [5, 5.41) is 3.22. The molecule has 3 rings (SSSR count). The Bertz CT molecular complexity index is 792. The van der Waals surface area contributed by atoms with E-state index in [1.54, 1.807) is 0 Å². The third kappa shape index (κ3) is 4.93. The number of piperazine rings is 1. The zero-order valence-corrected chi connectivity index (χ0v) is 17.7. The molecule has 0 unspecified atom stereocenters. The highest BCUT2D eigenvalue weighted by Crippen LogP contribution is 2.24. The molecule has 0 radical (unpaired) electrons. The number of carbonyl (C=O) groups excluding carboxylic acids is 1. The zero-order valence-electron chi connectivity index (χ0n) is 17.7. The van der Waals surface area contributed by atoms with Crippen molar-refractivity contribution in [3.63, 3.8) is 0 Å². The van der Waals surface area contributed by atoms with E-state index in [4.69, 9.17) is 0 Å². The smallest absolute Gasteiger partial charge is 0.234 e. The Morgan fingerprint density at radius 3 is 2.32 bits per heavy atom. The molecule has 1 aliphatic rings. The summed E-state index contributed by atoms with van der Waals surface area (Å²) in [4.78, 5) is 17.3. The van der Waals surface area contributed by atoms with Crippen LogP contribution in [0.25, 0.3) is 0 Å². The van der Waals surface area contributed by atoms with E-state index in [1.807, 2.05) is 0 Å². The maximum atomic E-state index is 12.6. The number of benzene rings is 2. The molecule has 2 aromatic rings. The SMILES string of the molecule is CC[C@@H](NC(=O)CN1CCN(c2cccc(C)c2C)CC1)c1ccc(C)cc1. The average molecular weight is 380 g/mol. The van der Waals surface area contributed by atoms with Gasteiger partial charge in [-0.3, -0.25) is 9.69 Å². The molecule has 0 aliphatic carbocycles. The van der Waals surface area contributed by atoms with E-state index in [0.29, 0.717) is 6.54 Å². The first-order valence-corrected chi connectivity index (χ1v) is 10.4. The van der Waals surface area contributed by atoms with E-state index in [1.165, 1.54) is 27.9 Å². The minimum absolute atomic E-state index is 0.0873. The number of nitrogens with one attached hydrogen (secondary N) is 1. The van der Waals surface area contributed by atoms with Crippen LogP contribution in [0, 0.1) is 20.8 Å². The van der Waals surface area contributed by atoms with Crippen molar-refractivity contribution >= 4 is 11.6 Å². The molecule has 1 saturated heterocycles. The summed E-state index contributed by atoms with van der Waals surface area (Å²) in [5.41, 5.74) is 6.45. The molecule has 0 spiro atoms. The van der Waals surface area contributed by atoms with Gasteiger partial charge in [0.1, 0.15) is 0 Å². The summed E-state index contributed by atoms with van der Waals surface area (Å²) in [6, 6.07) is 15.0. The van der Waals surface area contributed by atoms with Crippen LogP contribution in [0.3, 0.4) is 0 Å². The van der Waals surface area contributed by atoms with E-state index < -0.39 is 0 Å². The first-order chi connectivity index (χ1) is 13.5. The maximum absolute atomic E-state index is 12.6. The zero-order chi connectivity index (χ0) is 20.1. The Balaban J connectivity index is 1.52. The molecule has 28 heavy (non-hydrogen) atoms. The van der Waals surface area contributed by atoms with Crippen molar-refractivity contribution in [2.75, 3.05) is 37.6 Å². The third-order valence-electron chi connectivity index (χ3n) is 5.88. The number of hydrogen-bond donors (Lipinski definition) is 1. The summed E-state index contributed by atoms with van der Waals surface area (Å²) in [6.07, 6.45) is 0.898. The van der Waals surface area contributed by atoms with E-state index >= 15 is 0 Å². The highest BCUT2D eigenvalue weighted by molar-refractivity contribution is 5.78. The number of aryl methyl sites for hydroxylation is 2. The molecular weight excluding hydrogens is 346 g/mol. The second-order valence-electron chi connectivity index (χ2n) is 7.92. The molecule has 1 amide bonds. The molecule has 0 aromatic heterocycles. The molecule has 0 bridgehead atoms. The van der Waals surface area contributed by atoms with E-state index in [0.717, 1.165) is 32.6 Å². The van der Waals surface area contributed by atoms with Gasteiger partial charge in [-0.05, 0) is 49.9 Å². The molecule has 4 heteroatoms. The molecule has 1 N–H and O–H groups in total. The molecular formula is C24H33N3O. The minimum atomic E-state index is 0.0873. The van der Waals surface area contributed by atoms with Gasteiger partial charge in [0.2, 0.25) is 5.91 Å².